The molecule has 0 bridgehead atoms. The molecule has 27 heavy (non-hydrogen) atoms. The van der Waals surface area contributed by atoms with Gasteiger partial charge in [-0.05, 0) is 56.2 Å². The van der Waals surface area contributed by atoms with Crippen molar-refractivity contribution >= 4 is 11.9 Å². The minimum absolute atomic E-state index is 0.170. The summed E-state index contributed by atoms with van der Waals surface area (Å²) < 4.78 is 0. The first kappa shape index (κ1) is 19.4. The highest BCUT2D eigenvalue weighted by atomic mass is 16.4. The van der Waals surface area contributed by atoms with E-state index >= 15 is 0 Å². The normalized spacial score (nSPS) is 20.6. The summed E-state index contributed by atoms with van der Waals surface area (Å²) in [4.78, 5) is 25.1. The third kappa shape index (κ3) is 5.81. The number of carbonyl (C=O) groups is 2. The fourth-order valence-corrected chi connectivity index (χ4v) is 3.58. The standard InChI is InChI=1S/C23H29NO3/c1-17(5-6-18-7-8-18)3-2-4-21-13-14-22(25)24(21)16-15-19-9-11-20(12-10-19)23(26)27/h2-4,9-12,18,21H,5-8,13-16H2,1H3,(H,26,27)/t21-/m0/s1. The summed E-state index contributed by atoms with van der Waals surface area (Å²) in [5.41, 5.74) is 2.76. The van der Waals surface area contributed by atoms with E-state index in [1.807, 2.05) is 17.0 Å². The van der Waals surface area contributed by atoms with Gasteiger partial charge in [0.25, 0.3) is 0 Å². The minimum Gasteiger partial charge on any atom is -0.478 e. The van der Waals surface area contributed by atoms with Crippen molar-refractivity contribution in [1.82, 2.24) is 4.90 Å². The maximum absolute atomic E-state index is 12.2. The van der Waals surface area contributed by atoms with Crippen molar-refractivity contribution in [3.05, 3.63) is 59.2 Å². The summed E-state index contributed by atoms with van der Waals surface area (Å²) >= 11 is 0. The molecular weight excluding hydrogens is 338 g/mol. The molecule has 1 heterocycles. The van der Waals surface area contributed by atoms with E-state index in [1.54, 1.807) is 12.1 Å². The molecule has 1 atom stereocenters. The van der Waals surface area contributed by atoms with Gasteiger partial charge >= 0.3 is 5.97 Å². The lowest BCUT2D eigenvalue weighted by molar-refractivity contribution is -0.128. The van der Waals surface area contributed by atoms with Crippen LogP contribution in [0.5, 0.6) is 0 Å². The number of carbonyl (C=O) groups excluding carboxylic acids is 1. The lowest BCUT2D eigenvalue weighted by atomic mass is 10.1. The molecule has 1 aromatic rings. The first-order valence-corrected chi connectivity index (χ1v) is 9.98. The number of hydrogen-bond donors (Lipinski definition) is 1. The van der Waals surface area contributed by atoms with Crippen molar-refractivity contribution < 1.29 is 14.7 Å². The van der Waals surface area contributed by atoms with Crippen molar-refractivity contribution in [2.24, 2.45) is 5.92 Å². The van der Waals surface area contributed by atoms with E-state index in [0.29, 0.717) is 18.5 Å². The number of carboxylic acids is 1. The van der Waals surface area contributed by atoms with Crippen LogP contribution in [-0.2, 0) is 11.2 Å². The molecule has 1 saturated heterocycles. The van der Waals surface area contributed by atoms with Gasteiger partial charge in [0.2, 0.25) is 5.91 Å². The van der Waals surface area contributed by atoms with Crippen molar-refractivity contribution in [2.45, 2.75) is 57.9 Å². The van der Waals surface area contributed by atoms with Crippen molar-refractivity contribution in [3.8, 4) is 0 Å². The summed E-state index contributed by atoms with van der Waals surface area (Å²) in [7, 11) is 0. The van der Waals surface area contributed by atoms with E-state index in [2.05, 4.69) is 25.2 Å². The average Bonchev–Trinajstić information content (AvgIpc) is 3.42. The third-order valence-corrected chi connectivity index (χ3v) is 5.57. The Bertz CT molecular complexity index is 728. The Labute approximate surface area is 161 Å². The molecule has 0 radical (unpaired) electrons. The summed E-state index contributed by atoms with van der Waals surface area (Å²) in [6.45, 7) is 2.86. The van der Waals surface area contributed by atoms with Gasteiger partial charge in [-0.25, -0.2) is 4.79 Å². The van der Waals surface area contributed by atoms with Gasteiger partial charge in [-0.3, -0.25) is 4.79 Å². The van der Waals surface area contributed by atoms with Crippen molar-refractivity contribution in [1.29, 1.82) is 0 Å². The fourth-order valence-electron chi connectivity index (χ4n) is 3.58. The molecule has 1 aromatic carbocycles. The van der Waals surface area contributed by atoms with E-state index < -0.39 is 5.97 Å². The molecule has 0 unspecified atom stereocenters. The van der Waals surface area contributed by atoms with E-state index in [4.69, 9.17) is 5.11 Å². The summed E-state index contributed by atoms with van der Waals surface area (Å²) in [5, 5.41) is 8.97. The van der Waals surface area contributed by atoms with E-state index in [9.17, 15) is 9.59 Å². The largest absolute Gasteiger partial charge is 0.478 e. The first-order chi connectivity index (χ1) is 13.0. The molecule has 1 aliphatic carbocycles. The molecule has 1 N–H and O–H groups in total. The van der Waals surface area contributed by atoms with Gasteiger partial charge in [0.1, 0.15) is 0 Å². The maximum Gasteiger partial charge on any atom is 0.335 e. The number of amides is 1. The number of aromatic carboxylic acids is 1. The third-order valence-electron chi connectivity index (χ3n) is 5.57. The van der Waals surface area contributed by atoms with Crippen LogP contribution in [0.15, 0.2) is 48.1 Å². The molecule has 144 valence electrons. The Morgan fingerprint density at radius 1 is 1.22 bits per heavy atom. The van der Waals surface area contributed by atoms with Crippen LogP contribution in [0.1, 0.15) is 61.4 Å². The molecule has 1 saturated carbocycles. The number of nitrogens with zero attached hydrogens (tertiary/aromatic N) is 1. The molecular formula is C23H29NO3. The SMILES string of the molecule is CC(=CC=C[C@H]1CCC(=O)N1CCc1ccc(C(=O)O)cc1)CCC1CC1. The van der Waals surface area contributed by atoms with E-state index in [-0.39, 0.29) is 11.9 Å². The Hall–Kier alpha value is -2.36. The van der Waals surface area contributed by atoms with Crippen LogP contribution in [0.4, 0.5) is 0 Å². The Kier molecular flexibility index (Phi) is 6.49. The van der Waals surface area contributed by atoms with Crippen LogP contribution in [0.2, 0.25) is 0 Å². The van der Waals surface area contributed by atoms with Gasteiger partial charge in [-0.1, -0.05) is 48.8 Å². The Morgan fingerprint density at radius 2 is 1.96 bits per heavy atom. The van der Waals surface area contributed by atoms with Gasteiger partial charge in [0.05, 0.1) is 11.6 Å². The number of rotatable bonds is 9. The quantitative estimate of drug-likeness (QED) is 0.648. The second-order valence-electron chi connectivity index (χ2n) is 7.83. The number of carboxylic acid groups (broad SMARTS) is 1. The minimum atomic E-state index is -0.915. The van der Waals surface area contributed by atoms with Crippen LogP contribution < -0.4 is 0 Å². The number of benzene rings is 1. The molecule has 3 rings (SSSR count). The highest BCUT2D eigenvalue weighted by Gasteiger charge is 2.28. The van der Waals surface area contributed by atoms with Gasteiger partial charge in [0, 0.05) is 13.0 Å². The molecule has 2 fully saturated rings. The monoisotopic (exact) mass is 367 g/mol. The van der Waals surface area contributed by atoms with Crippen LogP contribution in [-0.4, -0.2) is 34.5 Å². The molecule has 1 aliphatic heterocycles. The average molecular weight is 367 g/mol. The molecule has 4 nitrogen and oxygen atoms in total. The maximum atomic E-state index is 12.2. The predicted octanol–water partition coefficient (Wildman–Crippen LogP) is 4.61. The van der Waals surface area contributed by atoms with E-state index in [0.717, 1.165) is 24.3 Å². The number of allylic oxidation sites excluding steroid dienone is 3. The predicted molar refractivity (Wildman–Crippen MR) is 107 cm³/mol. The van der Waals surface area contributed by atoms with Gasteiger partial charge < -0.3 is 10.0 Å². The number of hydrogen-bond acceptors (Lipinski definition) is 2. The van der Waals surface area contributed by atoms with Gasteiger partial charge in [-0.15, -0.1) is 0 Å². The highest BCUT2D eigenvalue weighted by Crippen LogP contribution is 2.34. The fraction of sp³-hybridized carbons (Fsp3) is 0.478. The Balaban J connectivity index is 1.51. The van der Waals surface area contributed by atoms with Crippen molar-refractivity contribution in [3.63, 3.8) is 0 Å². The van der Waals surface area contributed by atoms with Crippen LogP contribution in [0.3, 0.4) is 0 Å². The van der Waals surface area contributed by atoms with Crippen LogP contribution >= 0.6 is 0 Å². The second-order valence-corrected chi connectivity index (χ2v) is 7.83. The van der Waals surface area contributed by atoms with Crippen LogP contribution in [0, 0.1) is 5.92 Å². The molecule has 0 aromatic heterocycles. The van der Waals surface area contributed by atoms with Crippen molar-refractivity contribution in [2.75, 3.05) is 6.54 Å². The molecule has 0 spiro atoms. The number of likely N-dealkylation sites (tertiary alicyclic amines) is 1. The second kappa shape index (κ2) is 9.03. The zero-order valence-electron chi connectivity index (χ0n) is 16.1. The first-order valence-electron chi connectivity index (χ1n) is 9.98. The van der Waals surface area contributed by atoms with E-state index in [1.165, 1.54) is 31.3 Å². The zero-order valence-corrected chi connectivity index (χ0v) is 16.1. The lowest BCUT2D eigenvalue weighted by Gasteiger charge is -2.22. The van der Waals surface area contributed by atoms with Gasteiger partial charge in [0.15, 0.2) is 0 Å². The summed E-state index contributed by atoms with van der Waals surface area (Å²) in [6.07, 6.45) is 14.0. The highest BCUT2D eigenvalue weighted by molar-refractivity contribution is 5.87. The molecule has 4 heteroatoms. The smallest absolute Gasteiger partial charge is 0.335 e. The molecule has 2 aliphatic rings. The summed E-state index contributed by atoms with van der Waals surface area (Å²) in [6, 6.07) is 7.08. The van der Waals surface area contributed by atoms with Crippen LogP contribution in [0.25, 0.3) is 0 Å². The lowest BCUT2D eigenvalue weighted by Crippen LogP contribution is -2.33. The zero-order chi connectivity index (χ0) is 19.2. The van der Waals surface area contributed by atoms with Gasteiger partial charge in [-0.2, -0.15) is 0 Å². The topological polar surface area (TPSA) is 57.6 Å². The Morgan fingerprint density at radius 3 is 2.63 bits per heavy atom. The molecule has 1 amide bonds. The summed E-state index contributed by atoms with van der Waals surface area (Å²) in [5.74, 6) is 0.257.